The molecule has 0 radical (unpaired) electrons. The fourth-order valence-corrected chi connectivity index (χ4v) is 1.90. The van der Waals surface area contributed by atoms with Gasteiger partial charge in [0.25, 0.3) is 0 Å². The van der Waals surface area contributed by atoms with E-state index in [1.54, 1.807) is 13.8 Å². The molecule has 0 amide bonds. The van der Waals surface area contributed by atoms with Gasteiger partial charge in [0.2, 0.25) is 0 Å². The summed E-state index contributed by atoms with van der Waals surface area (Å²) in [4.78, 5) is 0. The lowest BCUT2D eigenvalue weighted by molar-refractivity contribution is 0.0756. The van der Waals surface area contributed by atoms with E-state index in [1.807, 2.05) is 12.1 Å². The van der Waals surface area contributed by atoms with Crippen LogP contribution < -0.4 is 0 Å². The minimum Gasteiger partial charge on any atom is -0.506 e. The van der Waals surface area contributed by atoms with Gasteiger partial charge in [0, 0.05) is 5.56 Å². The summed E-state index contributed by atoms with van der Waals surface area (Å²) in [5.41, 5.74) is 0.620. The lowest BCUT2D eigenvalue weighted by Gasteiger charge is -2.21. The zero-order valence-electron chi connectivity index (χ0n) is 9.50. The highest BCUT2D eigenvalue weighted by Gasteiger charge is 2.23. The van der Waals surface area contributed by atoms with Crippen molar-refractivity contribution in [3.05, 3.63) is 27.7 Å². The summed E-state index contributed by atoms with van der Waals surface area (Å²) in [6, 6.07) is 3.74. The second-order valence-electron chi connectivity index (χ2n) is 4.61. The SMILES string of the molecule is CC(C)c1cc(Br)c(O)c(C(C)(C)O)c1. The number of phenols is 1. The van der Waals surface area contributed by atoms with Crippen LogP contribution in [0.3, 0.4) is 0 Å². The Kier molecular flexibility index (Phi) is 3.46. The van der Waals surface area contributed by atoms with Crippen molar-refractivity contribution in [2.45, 2.75) is 39.2 Å². The highest BCUT2D eigenvalue weighted by Crippen LogP contribution is 2.37. The summed E-state index contributed by atoms with van der Waals surface area (Å²) in [5, 5.41) is 19.8. The maximum absolute atomic E-state index is 9.92. The van der Waals surface area contributed by atoms with Crippen molar-refractivity contribution in [1.29, 1.82) is 0 Å². The normalized spacial score (nSPS) is 12.2. The predicted molar refractivity (Wildman–Crippen MR) is 65.1 cm³/mol. The van der Waals surface area contributed by atoms with Crippen molar-refractivity contribution in [3.8, 4) is 5.75 Å². The highest BCUT2D eigenvalue weighted by molar-refractivity contribution is 9.10. The van der Waals surface area contributed by atoms with Crippen LogP contribution in [0.15, 0.2) is 16.6 Å². The number of aliphatic hydroxyl groups is 1. The van der Waals surface area contributed by atoms with Gasteiger partial charge >= 0.3 is 0 Å². The Labute approximate surface area is 99.1 Å². The smallest absolute Gasteiger partial charge is 0.135 e. The van der Waals surface area contributed by atoms with Crippen LogP contribution in [0.5, 0.6) is 5.75 Å². The fraction of sp³-hybridized carbons (Fsp3) is 0.500. The van der Waals surface area contributed by atoms with Crippen LogP contribution in [0, 0.1) is 0 Å². The van der Waals surface area contributed by atoms with Crippen molar-refractivity contribution in [2.75, 3.05) is 0 Å². The standard InChI is InChI=1S/C12H17BrO2/c1-7(2)8-5-9(12(3,4)15)11(14)10(13)6-8/h5-7,14-15H,1-4H3. The molecule has 0 fully saturated rings. The Morgan fingerprint density at radius 1 is 1.27 bits per heavy atom. The molecule has 0 aromatic heterocycles. The average molecular weight is 273 g/mol. The van der Waals surface area contributed by atoms with E-state index in [-0.39, 0.29) is 5.75 Å². The summed E-state index contributed by atoms with van der Waals surface area (Å²) in [5.74, 6) is 0.481. The third-order valence-electron chi connectivity index (χ3n) is 2.41. The van der Waals surface area contributed by atoms with Gasteiger partial charge in [-0.25, -0.2) is 0 Å². The van der Waals surface area contributed by atoms with Gasteiger partial charge in [-0.2, -0.15) is 0 Å². The van der Waals surface area contributed by atoms with Crippen molar-refractivity contribution < 1.29 is 10.2 Å². The van der Waals surface area contributed by atoms with Crippen LogP contribution in [0.25, 0.3) is 0 Å². The van der Waals surface area contributed by atoms with Gasteiger partial charge in [0.1, 0.15) is 5.75 Å². The Hall–Kier alpha value is -0.540. The molecular weight excluding hydrogens is 256 g/mol. The van der Waals surface area contributed by atoms with Crippen LogP contribution >= 0.6 is 15.9 Å². The molecule has 3 heteroatoms. The van der Waals surface area contributed by atoms with Crippen LogP contribution in [0.2, 0.25) is 0 Å². The molecule has 84 valence electrons. The van der Waals surface area contributed by atoms with Crippen LogP contribution in [0.1, 0.15) is 44.7 Å². The lowest BCUT2D eigenvalue weighted by atomic mass is 9.92. The minimum absolute atomic E-state index is 0.118. The molecule has 15 heavy (non-hydrogen) atoms. The second-order valence-corrected chi connectivity index (χ2v) is 5.47. The summed E-state index contributed by atoms with van der Waals surface area (Å²) < 4.78 is 0.630. The van der Waals surface area contributed by atoms with Gasteiger partial charge in [-0.3, -0.25) is 0 Å². The van der Waals surface area contributed by atoms with E-state index < -0.39 is 5.60 Å². The monoisotopic (exact) mass is 272 g/mol. The molecule has 0 aliphatic heterocycles. The molecule has 1 aromatic carbocycles. The number of rotatable bonds is 2. The van der Waals surface area contributed by atoms with Crippen molar-refractivity contribution in [3.63, 3.8) is 0 Å². The minimum atomic E-state index is -1.03. The van der Waals surface area contributed by atoms with E-state index in [0.29, 0.717) is 16.0 Å². The molecule has 0 spiro atoms. The molecule has 1 aromatic rings. The molecule has 1 rings (SSSR count). The van der Waals surface area contributed by atoms with Crippen molar-refractivity contribution in [1.82, 2.24) is 0 Å². The van der Waals surface area contributed by atoms with Gasteiger partial charge in [-0.1, -0.05) is 13.8 Å². The van der Waals surface area contributed by atoms with Gasteiger partial charge in [0.15, 0.2) is 0 Å². The molecule has 2 nitrogen and oxygen atoms in total. The van der Waals surface area contributed by atoms with Crippen LogP contribution in [-0.4, -0.2) is 10.2 Å². The van der Waals surface area contributed by atoms with Crippen LogP contribution in [0.4, 0.5) is 0 Å². The maximum Gasteiger partial charge on any atom is 0.135 e. The van der Waals surface area contributed by atoms with Crippen molar-refractivity contribution in [2.24, 2.45) is 0 Å². The molecular formula is C12H17BrO2. The Morgan fingerprint density at radius 3 is 2.20 bits per heavy atom. The zero-order valence-corrected chi connectivity index (χ0v) is 11.1. The third-order valence-corrected chi connectivity index (χ3v) is 3.02. The van der Waals surface area contributed by atoms with E-state index >= 15 is 0 Å². The first-order valence-corrected chi connectivity index (χ1v) is 5.78. The van der Waals surface area contributed by atoms with E-state index in [0.717, 1.165) is 5.56 Å². The molecule has 0 heterocycles. The number of phenolic OH excluding ortho intramolecular Hbond substituents is 1. The Morgan fingerprint density at radius 2 is 1.80 bits per heavy atom. The molecule has 2 N–H and O–H groups in total. The fourth-order valence-electron chi connectivity index (χ4n) is 1.42. The van der Waals surface area contributed by atoms with E-state index in [9.17, 15) is 10.2 Å². The molecule has 0 aliphatic rings. The quantitative estimate of drug-likeness (QED) is 0.865. The summed E-state index contributed by atoms with van der Waals surface area (Å²) in [6.45, 7) is 7.48. The first-order chi connectivity index (χ1) is 6.73. The van der Waals surface area contributed by atoms with Gasteiger partial charge < -0.3 is 10.2 Å². The highest BCUT2D eigenvalue weighted by atomic mass is 79.9. The maximum atomic E-state index is 9.92. The zero-order chi connectivity index (χ0) is 11.8. The summed E-state index contributed by atoms with van der Waals surface area (Å²) in [6.07, 6.45) is 0. The first-order valence-electron chi connectivity index (χ1n) is 4.98. The number of aromatic hydroxyl groups is 1. The molecule has 0 saturated heterocycles. The number of hydrogen-bond donors (Lipinski definition) is 2. The van der Waals surface area contributed by atoms with Gasteiger partial charge in [-0.05, 0) is 53.4 Å². The first kappa shape index (κ1) is 12.5. The largest absolute Gasteiger partial charge is 0.506 e. The number of hydrogen-bond acceptors (Lipinski definition) is 2. The predicted octanol–water partition coefficient (Wildman–Crippen LogP) is 3.51. The molecule has 0 atom stereocenters. The average Bonchev–Trinajstić information content (AvgIpc) is 2.06. The Bertz CT molecular complexity index is 365. The number of benzene rings is 1. The van der Waals surface area contributed by atoms with E-state index in [2.05, 4.69) is 29.8 Å². The van der Waals surface area contributed by atoms with Gasteiger partial charge in [-0.15, -0.1) is 0 Å². The summed E-state index contributed by atoms with van der Waals surface area (Å²) in [7, 11) is 0. The van der Waals surface area contributed by atoms with E-state index in [4.69, 9.17) is 0 Å². The summed E-state index contributed by atoms with van der Waals surface area (Å²) >= 11 is 3.30. The molecule has 0 bridgehead atoms. The molecule has 0 saturated carbocycles. The molecule has 0 unspecified atom stereocenters. The molecule has 0 aliphatic carbocycles. The topological polar surface area (TPSA) is 40.5 Å². The Balaban J connectivity index is 3.38. The van der Waals surface area contributed by atoms with Crippen molar-refractivity contribution >= 4 is 15.9 Å². The van der Waals surface area contributed by atoms with Crippen LogP contribution in [-0.2, 0) is 5.60 Å². The van der Waals surface area contributed by atoms with E-state index in [1.165, 1.54) is 0 Å². The number of halogens is 1. The lowest BCUT2D eigenvalue weighted by Crippen LogP contribution is -2.16. The second kappa shape index (κ2) is 4.14. The third kappa shape index (κ3) is 2.73. The van der Waals surface area contributed by atoms with Gasteiger partial charge in [0.05, 0.1) is 10.1 Å².